The summed E-state index contributed by atoms with van der Waals surface area (Å²) in [5.74, 6) is 0.557. The lowest BCUT2D eigenvalue weighted by molar-refractivity contribution is 0.282. The average Bonchev–Trinajstić information content (AvgIpc) is 2.83. The van der Waals surface area contributed by atoms with Crippen molar-refractivity contribution in [2.24, 2.45) is 0 Å². The number of aliphatic hydroxyl groups is 1. The quantitative estimate of drug-likeness (QED) is 0.863. The minimum Gasteiger partial charge on any atom is -0.392 e. The molecule has 0 aliphatic carbocycles. The van der Waals surface area contributed by atoms with Crippen molar-refractivity contribution in [2.75, 3.05) is 11.9 Å². The summed E-state index contributed by atoms with van der Waals surface area (Å²) < 4.78 is 0. The molecule has 1 unspecified atom stereocenters. The van der Waals surface area contributed by atoms with E-state index < -0.39 is 0 Å². The Hall–Kier alpha value is -1.80. The van der Waals surface area contributed by atoms with Crippen molar-refractivity contribution in [1.82, 2.24) is 0 Å². The Kier molecular flexibility index (Phi) is 3.03. The molecule has 0 radical (unpaired) electrons. The van der Waals surface area contributed by atoms with E-state index in [4.69, 9.17) is 5.11 Å². The molecule has 0 fully saturated rings. The lowest BCUT2D eigenvalue weighted by Crippen LogP contribution is -2.05. The number of hydrogen-bond acceptors (Lipinski definition) is 2. The predicted molar refractivity (Wildman–Crippen MR) is 73.7 cm³/mol. The van der Waals surface area contributed by atoms with Crippen molar-refractivity contribution in [2.45, 2.75) is 18.9 Å². The Morgan fingerprint density at radius 3 is 2.50 bits per heavy atom. The van der Waals surface area contributed by atoms with Gasteiger partial charge in [-0.1, -0.05) is 42.5 Å². The monoisotopic (exact) mass is 239 g/mol. The molecule has 2 aromatic rings. The highest BCUT2D eigenvalue weighted by atomic mass is 16.3. The van der Waals surface area contributed by atoms with Crippen molar-refractivity contribution >= 4 is 5.69 Å². The van der Waals surface area contributed by atoms with Gasteiger partial charge in [0.15, 0.2) is 0 Å². The highest BCUT2D eigenvalue weighted by molar-refractivity contribution is 5.57. The Bertz CT molecular complexity index is 533. The first kappa shape index (κ1) is 11.3. The highest BCUT2D eigenvalue weighted by Crippen LogP contribution is 2.33. The summed E-state index contributed by atoms with van der Waals surface area (Å²) in [6, 6.07) is 16.8. The van der Waals surface area contributed by atoms with Crippen molar-refractivity contribution in [3.8, 4) is 0 Å². The number of para-hydroxylation sites is 1. The maximum atomic E-state index is 9.03. The Labute approximate surface area is 107 Å². The van der Waals surface area contributed by atoms with Crippen LogP contribution in [0.15, 0.2) is 48.5 Å². The summed E-state index contributed by atoms with van der Waals surface area (Å²) in [4.78, 5) is 0. The van der Waals surface area contributed by atoms with E-state index in [-0.39, 0.29) is 6.61 Å². The summed E-state index contributed by atoms with van der Waals surface area (Å²) >= 11 is 0. The smallest absolute Gasteiger partial charge is 0.0681 e. The number of rotatable bonds is 3. The topological polar surface area (TPSA) is 32.3 Å². The molecule has 0 saturated carbocycles. The molecule has 0 amide bonds. The second-order valence-corrected chi connectivity index (χ2v) is 4.84. The molecule has 18 heavy (non-hydrogen) atoms. The molecule has 0 spiro atoms. The molecule has 2 heteroatoms. The normalized spacial score (nSPS) is 17.3. The Balaban J connectivity index is 1.77. The molecule has 0 aromatic heterocycles. The van der Waals surface area contributed by atoms with Gasteiger partial charge in [-0.05, 0) is 29.2 Å². The fraction of sp³-hybridized carbons (Fsp3) is 0.250. The van der Waals surface area contributed by atoms with Crippen LogP contribution < -0.4 is 5.32 Å². The predicted octanol–water partition coefficient (Wildman–Crippen LogP) is 2.93. The number of benzene rings is 2. The molecule has 1 heterocycles. The third-order valence-electron chi connectivity index (χ3n) is 3.63. The van der Waals surface area contributed by atoms with Gasteiger partial charge in [0.2, 0.25) is 0 Å². The van der Waals surface area contributed by atoms with Gasteiger partial charge in [-0.25, -0.2) is 0 Å². The molecule has 1 atom stereocenters. The van der Waals surface area contributed by atoms with Crippen LogP contribution in [-0.2, 0) is 13.0 Å². The van der Waals surface area contributed by atoms with Crippen LogP contribution in [0.4, 0.5) is 5.69 Å². The van der Waals surface area contributed by atoms with E-state index in [1.165, 1.54) is 16.8 Å². The van der Waals surface area contributed by atoms with Gasteiger partial charge >= 0.3 is 0 Å². The van der Waals surface area contributed by atoms with Crippen LogP contribution in [0.1, 0.15) is 22.6 Å². The maximum Gasteiger partial charge on any atom is 0.0681 e. The van der Waals surface area contributed by atoms with Crippen LogP contribution in [0.5, 0.6) is 0 Å². The number of nitrogens with one attached hydrogen (secondary N) is 1. The first-order valence-electron chi connectivity index (χ1n) is 6.38. The fourth-order valence-corrected chi connectivity index (χ4v) is 2.60. The van der Waals surface area contributed by atoms with Crippen LogP contribution in [0.2, 0.25) is 0 Å². The van der Waals surface area contributed by atoms with Crippen molar-refractivity contribution in [3.05, 3.63) is 65.2 Å². The van der Waals surface area contributed by atoms with Crippen LogP contribution in [0.25, 0.3) is 0 Å². The fourth-order valence-electron chi connectivity index (χ4n) is 2.60. The van der Waals surface area contributed by atoms with E-state index in [0.29, 0.717) is 5.92 Å². The third-order valence-corrected chi connectivity index (χ3v) is 3.63. The molecular weight excluding hydrogens is 222 g/mol. The molecule has 2 nitrogen and oxygen atoms in total. The van der Waals surface area contributed by atoms with Crippen molar-refractivity contribution in [3.63, 3.8) is 0 Å². The Morgan fingerprint density at radius 1 is 1.00 bits per heavy atom. The second kappa shape index (κ2) is 4.83. The third kappa shape index (κ3) is 2.12. The second-order valence-electron chi connectivity index (χ2n) is 4.84. The summed E-state index contributed by atoms with van der Waals surface area (Å²) in [5, 5.41) is 12.5. The lowest BCUT2D eigenvalue weighted by Gasteiger charge is -2.10. The molecular formula is C16H17NO. The molecule has 2 N–H and O–H groups in total. The molecule has 0 bridgehead atoms. The molecule has 2 aromatic carbocycles. The molecule has 92 valence electrons. The summed E-state index contributed by atoms with van der Waals surface area (Å²) in [5.41, 5.74) is 5.00. The molecule has 1 aliphatic heterocycles. The van der Waals surface area contributed by atoms with Gasteiger partial charge in [0.1, 0.15) is 0 Å². The molecule has 1 aliphatic rings. The van der Waals surface area contributed by atoms with Gasteiger partial charge in [0.25, 0.3) is 0 Å². The standard InChI is InChI=1S/C16H17NO/c18-11-13-7-5-12(6-8-13)9-14-10-17-16-4-2-1-3-15(14)16/h1-8,14,17-18H,9-11H2. The Morgan fingerprint density at radius 2 is 1.72 bits per heavy atom. The van der Waals surface area contributed by atoms with E-state index in [2.05, 4.69) is 41.7 Å². The van der Waals surface area contributed by atoms with Crippen molar-refractivity contribution in [1.29, 1.82) is 0 Å². The van der Waals surface area contributed by atoms with E-state index in [1.54, 1.807) is 0 Å². The SMILES string of the molecule is OCc1ccc(CC2CNc3ccccc32)cc1. The van der Waals surface area contributed by atoms with E-state index in [1.807, 2.05) is 12.1 Å². The minimum atomic E-state index is 0.119. The van der Waals surface area contributed by atoms with E-state index in [9.17, 15) is 0 Å². The van der Waals surface area contributed by atoms with Gasteiger partial charge in [-0.3, -0.25) is 0 Å². The van der Waals surface area contributed by atoms with Gasteiger partial charge < -0.3 is 10.4 Å². The average molecular weight is 239 g/mol. The van der Waals surface area contributed by atoms with Gasteiger partial charge in [-0.15, -0.1) is 0 Å². The highest BCUT2D eigenvalue weighted by Gasteiger charge is 2.21. The summed E-state index contributed by atoms with van der Waals surface area (Å²) in [7, 11) is 0. The van der Waals surface area contributed by atoms with Gasteiger partial charge in [0.05, 0.1) is 6.61 Å². The van der Waals surface area contributed by atoms with E-state index >= 15 is 0 Å². The van der Waals surface area contributed by atoms with Crippen LogP contribution in [0.3, 0.4) is 0 Å². The zero-order valence-corrected chi connectivity index (χ0v) is 10.3. The van der Waals surface area contributed by atoms with Crippen molar-refractivity contribution < 1.29 is 5.11 Å². The number of fused-ring (bicyclic) bond motifs is 1. The minimum absolute atomic E-state index is 0.119. The van der Waals surface area contributed by atoms with Crippen LogP contribution >= 0.6 is 0 Å². The number of anilines is 1. The van der Waals surface area contributed by atoms with E-state index in [0.717, 1.165) is 18.5 Å². The first-order chi connectivity index (χ1) is 8.86. The number of aliphatic hydroxyl groups excluding tert-OH is 1. The summed E-state index contributed by atoms with van der Waals surface area (Å²) in [6.45, 7) is 1.13. The molecule has 3 rings (SSSR count). The number of hydrogen-bond donors (Lipinski definition) is 2. The maximum absolute atomic E-state index is 9.03. The molecule has 0 saturated heterocycles. The van der Waals surface area contributed by atoms with Crippen LogP contribution in [0, 0.1) is 0 Å². The zero-order chi connectivity index (χ0) is 12.4. The lowest BCUT2D eigenvalue weighted by atomic mass is 9.93. The zero-order valence-electron chi connectivity index (χ0n) is 10.3. The van der Waals surface area contributed by atoms with Gasteiger partial charge in [0, 0.05) is 18.2 Å². The first-order valence-corrected chi connectivity index (χ1v) is 6.38. The van der Waals surface area contributed by atoms with Gasteiger partial charge in [-0.2, -0.15) is 0 Å². The largest absolute Gasteiger partial charge is 0.392 e. The van der Waals surface area contributed by atoms with Crippen LogP contribution in [-0.4, -0.2) is 11.7 Å². The summed E-state index contributed by atoms with van der Waals surface area (Å²) in [6.07, 6.45) is 1.05.